The number of esters is 1. The van der Waals surface area contributed by atoms with Gasteiger partial charge in [-0.3, -0.25) is 4.79 Å². The maximum atomic E-state index is 12.3. The van der Waals surface area contributed by atoms with Crippen molar-refractivity contribution in [2.24, 2.45) is 0 Å². The summed E-state index contributed by atoms with van der Waals surface area (Å²) >= 11 is 0. The predicted molar refractivity (Wildman–Crippen MR) is 109 cm³/mol. The third-order valence-electron chi connectivity index (χ3n) is 3.84. The van der Waals surface area contributed by atoms with Gasteiger partial charge in [0.25, 0.3) is 5.91 Å². The van der Waals surface area contributed by atoms with Crippen molar-refractivity contribution in [3.63, 3.8) is 0 Å². The fourth-order valence-corrected chi connectivity index (χ4v) is 2.56. The van der Waals surface area contributed by atoms with Crippen LogP contribution < -0.4 is 14.8 Å². The molecule has 0 spiro atoms. The van der Waals surface area contributed by atoms with Gasteiger partial charge >= 0.3 is 5.97 Å². The van der Waals surface area contributed by atoms with Crippen molar-refractivity contribution >= 4 is 17.6 Å². The van der Waals surface area contributed by atoms with Crippen LogP contribution in [-0.2, 0) is 9.53 Å². The molecule has 1 N–H and O–H groups in total. The Morgan fingerprint density at radius 2 is 1.59 bits per heavy atom. The van der Waals surface area contributed by atoms with E-state index in [0.29, 0.717) is 35.1 Å². The number of ether oxygens (including phenoxy) is 3. The highest BCUT2D eigenvalue weighted by atomic mass is 16.5. The summed E-state index contributed by atoms with van der Waals surface area (Å²) in [6, 6.07) is 22.9. The summed E-state index contributed by atoms with van der Waals surface area (Å²) in [7, 11) is 0. The lowest BCUT2D eigenvalue weighted by Crippen LogP contribution is -2.21. The quantitative estimate of drug-likeness (QED) is 0.565. The molecule has 3 aromatic rings. The lowest BCUT2D eigenvalue weighted by atomic mass is 10.2. The van der Waals surface area contributed by atoms with Gasteiger partial charge in [-0.25, -0.2) is 4.79 Å². The van der Waals surface area contributed by atoms with E-state index in [1.165, 1.54) is 0 Å². The van der Waals surface area contributed by atoms with Gasteiger partial charge in [0.05, 0.1) is 17.9 Å². The topological polar surface area (TPSA) is 73.9 Å². The van der Waals surface area contributed by atoms with E-state index >= 15 is 0 Å². The average molecular weight is 391 g/mol. The standard InChI is InChI=1S/C23H21NO5/c1-2-27-21-14-7-6-13-20(21)24-22(25)16-28-23(26)17-9-8-12-19(15-17)29-18-10-4-3-5-11-18/h3-15H,2,16H2,1H3,(H,24,25). The van der Waals surface area contributed by atoms with E-state index in [4.69, 9.17) is 14.2 Å². The number of anilines is 1. The van der Waals surface area contributed by atoms with Gasteiger partial charge in [0.1, 0.15) is 17.2 Å². The highest BCUT2D eigenvalue weighted by molar-refractivity contribution is 5.96. The van der Waals surface area contributed by atoms with E-state index in [9.17, 15) is 9.59 Å². The molecular formula is C23H21NO5. The Balaban J connectivity index is 1.57. The van der Waals surface area contributed by atoms with E-state index in [1.54, 1.807) is 42.5 Å². The minimum atomic E-state index is -0.614. The van der Waals surface area contributed by atoms with Crippen molar-refractivity contribution in [2.45, 2.75) is 6.92 Å². The second-order valence-electron chi connectivity index (χ2n) is 6.00. The Hall–Kier alpha value is -3.80. The summed E-state index contributed by atoms with van der Waals surface area (Å²) in [5.74, 6) is 0.644. The smallest absolute Gasteiger partial charge is 0.338 e. The first-order chi connectivity index (χ1) is 14.2. The molecule has 0 radical (unpaired) electrons. The predicted octanol–water partition coefficient (Wildman–Crippen LogP) is 4.67. The lowest BCUT2D eigenvalue weighted by molar-refractivity contribution is -0.119. The molecule has 6 nitrogen and oxygen atoms in total. The number of benzene rings is 3. The molecule has 0 aromatic heterocycles. The molecule has 0 aliphatic carbocycles. The maximum Gasteiger partial charge on any atom is 0.338 e. The van der Waals surface area contributed by atoms with Crippen LogP contribution in [0.4, 0.5) is 5.69 Å². The fourth-order valence-electron chi connectivity index (χ4n) is 2.56. The molecule has 0 unspecified atom stereocenters. The van der Waals surface area contributed by atoms with Crippen LogP contribution in [0, 0.1) is 0 Å². The molecule has 3 aromatic carbocycles. The molecule has 148 valence electrons. The summed E-state index contributed by atoms with van der Waals surface area (Å²) in [6.45, 7) is 1.92. The van der Waals surface area contributed by atoms with E-state index < -0.39 is 18.5 Å². The molecule has 3 rings (SSSR count). The molecule has 0 saturated heterocycles. The van der Waals surface area contributed by atoms with E-state index in [0.717, 1.165) is 0 Å². The fraction of sp³-hybridized carbons (Fsp3) is 0.130. The van der Waals surface area contributed by atoms with Gasteiger partial charge in [0.2, 0.25) is 0 Å². The Bertz CT molecular complexity index is 972. The first-order valence-electron chi connectivity index (χ1n) is 9.17. The van der Waals surface area contributed by atoms with Gasteiger partial charge in [-0.2, -0.15) is 0 Å². The highest BCUT2D eigenvalue weighted by Crippen LogP contribution is 2.24. The Morgan fingerprint density at radius 3 is 2.38 bits per heavy atom. The second-order valence-corrected chi connectivity index (χ2v) is 6.00. The van der Waals surface area contributed by atoms with E-state index in [1.807, 2.05) is 43.3 Å². The Morgan fingerprint density at radius 1 is 0.862 bits per heavy atom. The second kappa shape index (κ2) is 9.94. The van der Waals surface area contributed by atoms with Crippen LogP contribution in [0.5, 0.6) is 17.2 Å². The largest absolute Gasteiger partial charge is 0.492 e. The number of para-hydroxylation sites is 3. The molecule has 0 aliphatic heterocycles. The van der Waals surface area contributed by atoms with Crippen LogP contribution in [0.15, 0.2) is 78.9 Å². The first-order valence-corrected chi connectivity index (χ1v) is 9.17. The van der Waals surface area contributed by atoms with Gasteiger partial charge in [0, 0.05) is 0 Å². The molecule has 0 heterocycles. The zero-order valence-corrected chi connectivity index (χ0v) is 16.0. The molecule has 29 heavy (non-hydrogen) atoms. The minimum absolute atomic E-state index is 0.293. The van der Waals surface area contributed by atoms with Gasteiger partial charge < -0.3 is 19.5 Å². The summed E-state index contributed by atoms with van der Waals surface area (Å²) < 4.78 is 16.3. The third kappa shape index (κ3) is 5.84. The van der Waals surface area contributed by atoms with Crippen LogP contribution in [0.1, 0.15) is 17.3 Å². The van der Waals surface area contributed by atoms with Crippen molar-refractivity contribution in [1.29, 1.82) is 0 Å². The van der Waals surface area contributed by atoms with Crippen molar-refractivity contribution in [2.75, 3.05) is 18.5 Å². The van der Waals surface area contributed by atoms with Gasteiger partial charge in [0.15, 0.2) is 6.61 Å². The van der Waals surface area contributed by atoms with E-state index in [2.05, 4.69) is 5.32 Å². The Labute approximate surface area is 169 Å². The number of hydrogen-bond donors (Lipinski definition) is 1. The van der Waals surface area contributed by atoms with Gasteiger partial charge in [-0.1, -0.05) is 36.4 Å². The molecule has 1 amide bonds. The number of rotatable bonds is 8. The molecule has 6 heteroatoms. The average Bonchev–Trinajstić information content (AvgIpc) is 2.74. The van der Waals surface area contributed by atoms with Crippen LogP contribution in [0.2, 0.25) is 0 Å². The monoisotopic (exact) mass is 391 g/mol. The van der Waals surface area contributed by atoms with Crippen LogP contribution in [-0.4, -0.2) is 25.1 Å². The number of amides is 1. The molecule has 0 aliphatic rings. The summed E-state index contributed by atoms with van der Waals surface area (Å²) in [5.41, 5.74) is 0.814. The Kier molecular flexibility index (Phi) is 6.84. The third-order valence-corrected chi connectivity index (χ3v) is 3.84. The van der Waals surface area contributed by atoms with Crippen LogP contribution in [0.3, 0.4) is 0 Å². The first kappa shape index (κ1) is 19.9. The maximum absolute atomic E-state index is 12.3. The molecule has 0 fully saturated rings. The van der Waals surface area contributed by atoms with Crippen molar-refractivity contribution < 1.29 is 23.8 Å². The van der Waals surface area contributed by atoms with Crippen LogP contribution in [0.25, 0.3) is 0 Å². The summed E-state index contributed by atoms with van der Waals surface area (Å²) in [5, 5.41) is 2.68. The number of nitrogens with one attached hydrogen (secondary N) is 1. The van der Waals surface area contributed by atoms with Crippen LogP contribution >= 0.6 is 0 Å². The van der Waals surface area contributed by atoms with Crippen molar-refractivity contribution in [3.8, 4) is 17.2 Å². The summed E-state index contributed by atoms with van der Waals surface area (Å²) in [6.07, 6.45) is 0. The highest BCUT2D eigenvalue weighted by Gasteiger charge is 2.13. The lowest BCUT2D eigenvalue weighted by Gasteiger charge is -2.11. The zero-order valence-electron chi connectivity index (χ0n) is 16.0. The summed E-state index contributed by atoms with van der Waals surface area (Å²) in [4.78, 5) is 24.4. The molecule has 0 bridgehead atoms. The van der Waals surface area contributed by atoms with Gasteiger partial charge in [-0.05, 0) is 49.4 Å². The number of hydrogen-bond acceptors (Lipinski definition) is 5. The number of carbonyl (C=O) groups excluding carboxylic acids is 2. The molecule has 0 saturated carbocycles. The SMILES string of the molecule is CCOc1ccccc1NC(=O)COC(=O)c1cccc(Oc2ccccc2)c1. The van der Waals surface area contributed by atoms with Crippen molar-refractivity contribution in [1.82, 2.24) is 0 Å². The minimum Gasteiger partial charge on any atom is -0.492 e. The number of carbonyl (C=O) groups is 2. The normalized spacial score (nSPS) is 10.1. The van der Waals surface area contributed by atoms with Crippen molar-refractivity contribution in [3.05, 3.63) is 84.4 Å². The molecular weight excluding hydrogens is 370 g/mol. The van der Waals surface area contributed by atoms with E-state index in [-0.39, 0.29) is 0 Å². The zero-order chi connectivity index (χ0) is 20.5. The molecule has 0 atom stereocenters. The van der Waals surface area contributed by atoms with Gasteiger partial charge in [-0.15, -0.1) is 0 Å².